The van der Waals surface area contributed by atoms with Crippen molar-refractivity contribution in [1.82, 2.24) is 5.32 Å². The molecular weight excluding hydrogens is 270 g/mol. The van der Waals surface area contributed by atoms with E-state index in [1.807, 2.05) is 0 Å². The van der Waals surface area contributed by atoms with Crippen LogP contribution in [0.3, 0.4) is 0 Å². The van der Waals surface area contributed by atoms with Gasteiger partial charge in [-0.15, -0.1) is 11.8 Å². The number of benzene rings is 1. The highest BCUT2D eigenvalue weighted by molar-refractivity contribution is 7.99. The molecule has 4 heteroatoms. The van der Waals surface area contributed by atoms with Gasteiger partial charge in [0, 0.05) is 30.8 Å². The quantitative estimate of drug-likeness (QED) is 0.571. The largest absolute Gasteiger partial charge is 0.389 e. The summed E-state index contributed by atoms with van der Waals surface area (Å²) in [7, 11) is 1.71. The summed E-state index contributed by atoms with van der Waals surface area (Å²) in [6, 6.07) is 8.61. The summed E-state index contributed by atoms with van der Waals surface area (Å²) in [5.41, 5.74) is 0.857. The molecule has 1 aromatic carbocycles. The predicted octanol–water partition coefficient (Wildman–Crippen LogP) is 2.82. The molecule has 1 aliphatic rings. The number of hydrogen-bond donors (Lipinski definition) is 2. The summed E-state index contributed by atoms with van der Waals surface area (Å²) < 4.78 is 5.00. The molecule has 0 atom stereocenters. The molecule has 0 spiro atoms. The number of methoxy groups -OCH3 is 1. The van der Waals surface area contributed by atoms with Crippen LogP contribution in [0.2, 0.25) is 0 Å². The first-order valence-corrected chi connectivity index (χ1v) is 8.34. The van der Waals surface area contributed by atoms with E-state index in [-0.39, 0.29) is 0 Å². The molecule has 0 aromatic heterocycles. The fraction of sp³-hybridized carbons (Fsp3) is 0.625. The normalized spacial score (nSPS) is 17.5. The number of hydrogen-bond acceptors (Lipinski definition) is 4. The Balaban J connectivity index is 1.73. The van der Waals surface area contributed by atoms with Gasteiger partial charge < -0.3 is 15.2 Å². The average molecular weight is 295 g/mol. The molecule has 1 aliphatic carbocycles. The minimum atomic E-state index is -0.426. The third-order valence-corrected chi connectivity index (χ3v) is 5.06. The number of thioether (sulfide) groups is 1. The van der Waals surface area contributed by atoms with Gasteiger partial charge in [0.25, 0.3) is 0 Å². The van der Waals surface area contributed by atoms with Gasteiger partial charge in [-0.3, -0.25) is 0 Å². The van der Waals surface area contributed by atoms with Crippen molar-refractivity contribution < 1.29 is 9.84 Å². The van der Waals surface area contributed by atoms with Gasteiger partial charge >= 0.3 is 0 Å². The summed E-state index contributed by atoms with van der Waals surface area (Å²) in [5, 5.41) is 13.7. The summed E-state index contributed by atoms with van der Waals surface area (Å²) in [6.07, 6.45) is 4.26. The van der Waals surface area contributed by atoms with Crippen LogP contribution in [-0.4, -0.2) is 36.7 Å². The lowest BCUT2D eigenvalue weighted by Gasteiger charge is -2.21. The summed E-state index contributed by atoms with van der Waals surface area (Å²) in [4.78, 5) is 1.24. The maximum atomic E-state index is 10.3. The molecule has 0 radical (unpaired) electrons. The Morgan fingerprint density at radius 2 is 1.95 bits per heavy atom. The molecule has 0 unspecified atom stereocenters. The Morgan fingerprint density at radius 3 is 2.60 bits per heavy atom. The standard InChI is InChI=1S/C16H25NO2S/c1-19-11-10-17-12-14-4-6-15(7-5-14)20-13-16(18)8-2-3-9-16/h4-7,17-18H,2-3,8-13H2,1H3. The van der Waals surface area contributed by atoms with Gasteiger partial charge in [-0.05, 0) is 30.5 Å². The monoisotopic (exact) mass is 295 g/mol. The van der Waals surface area contributed by atoms with Gasteiger partial charge in [0.05, 0.1) is 12.2 Å². The number of rotatable bonds is 8. The van der Waals surface area contributed by atoms with E-state index in [2.05, 4.69) is 29.6 Å². The molecule has 1 aromatic rings. The third-order valence-electron chi connectivity index (χ3n) is 3.78. The highest BCUT2D eigenvalue weighted by Crippen LogP contribution is 2.34. The summed E-state index contributed by atoms with van der Waals surface area (Å²) >= 11 is 1.77. The molecule has 2 N–H and O–H groups in total. The van der Waals surface area contributed by atoms with E-state index in [1.54, 1.807) is 18.9 Å². The minimum Gasteiger partial charge on any atom is -0.389 e. The molecule has 1 fully saturated rings. The van der Waals surface area contributed by atoms with E-state index in [4.69, 9.17) is 4.74 Å². The SMILES string of the molecule is COCCNCc1ccc(SCC2(O)CCCC2)cc1. The van der Waals surface area contributed by atoms with Crippen molar-refractivity contribution in [2.24, 2.45) is 0 Å². The lowest BCUT2D eigenvalue weighted by molar-refractivity contribution is 0.0732. The van der Waals surface area contributed by atoms with Crippen LogP contribution < -0.4 is 5.32 Å². The van der Waals surface area contributed by atoms with E-state index in [9.17, 15) is 5.11 Å². The molecule has 3 nitrogen and oxygen atoms in total. The van der Waals surface area contributed by atoms with E-state index in [1.165, 1.54) is 23.3 Å². The number of aliphatic hydroxyl groups is 1. The smallest absolute Gasteiger partial charge is 0.0741 e. The third kappa shape index (κ3) is 5.09. The van der Waals surface area contributed by atoms with Crippen LogP contribution in [0.25, 0.3) is 0 Å². The first-order valence-electron chi connectivity index (χ1n) is 7.36. The van der Waals surface area contributed by atoms with Crippen LogP contribution in [0, 0.1) is 0 Å². The van der Waals surface area contributed by atoms with Gasteiger partial charge in [-0.1, -0.05) is 25.0 Å². The van der Waals surface area contributed by atoms with Crippen LogP contribution in [0.4, 0.5) is 0 Å². The van der Waals surface area contributed by atoms with E-state index in [0.29, 0.717) is 0 Å². The van der Waals surface area contributed by atoms with Crippen molar-refractivity contribution in [3.8, 4) is 0 Å². The van der Waals surface area contributed by atoms with Gasteiger partial charge in [-0.2, -0.15) is 0 Å². The Kier molecular flexibility index (Phi) is 6.36. The van der Waals surface area contributed by atoms with Crippen LogP contribution >= 0.6 is 11.8 Å². The second-order valence-corrected chi connectivity index (χ2v) is 6.58. The van der Waals surface area contributed by atoms with Crippen LogP contribution in [0.5, 0.6) is 0 Å². The first-order chi connectivity index (χ1) is 9.72. The zero-order valence-electron chi connectivity index (χ0n) is 12.2. The van der Waals surface area contributed by atoms with E-state index >= 15 is 0 Å². The van der Waals surface area contributed by atoms with Gasteiger partial charge in [-0.25, -0.2) is 0 Å². The van der Waals surface area contributed by atoms with Gasteiger partial charge in [0.15, 0.2) is 0 Å². The molecule has 0 bridgehead atoms. The Hall–Kier alpha value is -0.550. The maximum absolute atomic E-state index is 10.3. The average Bonchev–Trinajstić information content (AvgIpc) is 2.90. The lowest BCUT2D eigenvalue weighted by atomic mass is 10.1. The molecule has 0 aliphatic heterocycles. The fourth-order valence-electron chi connectivity index (χ4n) is 2.51. The van der Waals surface area contributed by atoms with Crippen molar-refractivity contribution in [3.63, 3.8) is 0 Å². The van der Waals surface area contributed by atoms with Crippen molar-refractivity contribution in [2.75, 3.05) is 26.0 Å². The molecule has 0 amide bonds. The zero-order valence-corrected chi connectivity index (χ0v) is 13.0. The summed E-state index contributed by atoms with van der Waals surface area (Å²) in [6.45, 7) is 2.49. The van der Waals surface area contributed by atoms with Crippen LogP contribution in [0.15, 0.2) is 29.2 Å². The minimum absolute atomic E-state index is 0.426. The van der Waals surface area contributed by atoms with Gasteiger partial charge in [0.1, 0.15) is 0 Å². The lowest BCUT2D eigenvalue weighted by Crippen LogP contribution is -2.26. The Labute approximate surface area is 126 Å². The van der Waals surface area contributed by atoms with Crippen molar-refractivity contribution >= 4 is 11.8 Å². The number of ether oxygens (including phenoxy) is 1. The van der Waals surface area contributed by atoms with E-state index in [0.717, 1.165) is 38.3 Å². The van der Waals surface area contributed by atoms with Crippen molar-refractivity contribution in [2.45, 2.75) is 42.7 Å². The topological polar surface area (TPSA) is 41.5 Å². The highest BCUT2D eigenvalue weighted by atomic mass is 32.2. The molecule has 112 valence electrons. The summed E-state index contributed by atoms with van der Waals surface area (Å²) in [5.74, 6) is 0.818. The van der Waals surface area contributed by atoms with Gasteiger partial charge in [0.2, 0.25) is 0 Å². The van der Waals surface area contributed by atoms with Crippen LogP contribution in [0.1, 0.15) is 31.2 Å². The number of nitrogens with one attached hydrogen (secondary N) is 1. The van der Waals surface area contributed by atoms with E-state index < -0.39 is 5.60 Å². The molecule has 2 rings (SSSR count). The zero-order chi connectivity index (χ0) is 14.3. The van der Waals surface area contributed by atoms with Crippen LogP contribution in [-0.2, 0) is 11.3 Å². The van der Waals surface area contributed by atoms with Crippen molar-refractivity contribution in [3.05, 3.63) is 29.8 Å². The second-order valence-electron chi connectivity index (χ2n) is 5.53. The Morgan fingerprint density at radius 1 is 1.25 bits per heavy atom. The van der Waals surface area contributed by atoms with Crippen molar-refractivity contribution in [1.29, 1.82) is 0 Å². The molecule has 1 saturated carbocycles. The molecule has 20 heavy (non-hydrogen) atoms. The first kappa shape index (κ1) is 15.8. The predicted molar refractivity (Wildman–Crippen MR) is 84.2 cm³/mol. The maximum Gasteiger partial charge on any atom is 0.0741 e. The highest BCUT2D eigenvalue weighted by Gasteiger charge is 2.30. The Bertz CT molecular complexity index is 388. The molecule has 0 saturated heterocycles. The molecular formula is C16H25NO2S. The molecule has 0 heterocycles. The fourth-order valence-corrected chi connectivity index (χ4v) is 3.56. The second kappa shape index (κ2) is 8.03.